The molecule has 0 saturated heterocycles. The van der Waals surface area contributed by atoms with Gasteiger partial charge in [-0.25, -0.2) is 4.79 Å². The van der Waals surface area contributed by atoms with Crippen molar-refractivity contribution in [3.05, 3.63) is 29.5 Å². The van der Waals surface area contributed by atoms with Crippen molar-refractivity contribution in [2.75, 3.05) is 0 Å². The average Bonchev–Trinajstić information content (AvgIpc) is 2.66. The number of hydrogen-bond acceptors (Lipinski definition) is 3. The molecule has 0 spiro atoms. The van der Waals surface area contributed by atoms with Crippen molar-refractivity contribution >= 4 is 16.9 Å². The predicted molar refractivity (Wildman–Crippen MR) is 75.4 cm³/mol. The van der Waals surface area contributed by atoms with Gasteiger partial charge in [0.05, 0.1) is 11.6 Å². The fourth-order valence-corrected chi connectivity index (χ4v) is 2.07. The highest BCUT2D eigenvalue weighted by Crippen LogP contribution is 2.24. The van der Waals surface area contributed by atoms with Gasteiger partial charge in [0, 0.05) is 11.4 Å². The van der Waals surface area contributed by atoms with Crippen molar-refractivity contribution in [3.63, 3.8) is 0 Å². The Hall–Kier alpha value is -1.84. The van der Waals surface area contributed by atoms with Gasteiger partial charge in [-0.15, -0.1) is 0 Å². The molecule has 4 heteroatoms. The van der Waals surface area contributed by atoms with Crippen LogP contribution in [0, 0.1) is 6.92 Å². The van der Waals surface area contributed by atoms with Crippen LogP contribution in [0.5, 0.6) is 0 Å². The zero-order chi connectivity index (χ0) is 14.2. The van der Waals surface area contributed by atoms with E-state index in [0.29, 0.717) is 5.69 Å². The summed E-state index contributed by atoms with van der Waals surface area (Å²) in [5, 5.41) is 5.29. The molecule has 0 aliphatic carbocycles. The lowest BCUT2D eigenvalue weighted by Gasteiger charge is -2.07. The number of hydrogen-bond donors (Lipinski definition) is 0. The first-order valence-corrected chi connectivity index (χ1v) is 6.60. The van der Waals surface area contributed by atoms with E-state index in [-0.39, 0.29) is 18.1 Å². The predicted octanol–water partition coefficient (Wildman–Crippen LogP) is 3.49. The van der Waals surface area contributed by atoms with Crippen molar-refractivity contribution in [2.24, 2.45) is 0 Å². The molecule has 0 bridgehead atoms. The molecule has 0 aliphatic rings. The third-order valence-corrected chi connectivity index (χ3v) is 2.89. The van der Waals surface area contributed by atoms with Gasteiger partial charge < -0.3 is 4.74 Å². The monoisotopic (exact) mass is 260 g/mol. The second kappa shape index (κ2) is 5.03. The number of rotatable bonds is 3. The van der Waals surface area contributed by atoms with E-state index in [1.54, 1.807) is 0 Å². The van der Waals surface area contributed by atoms with E-state index >= 15 is 0 Å². The highest BCUT2D eigenvalue weighted by Gasteiger charge is 2.20. The minimum Gasteiger partial charge on any atom is -0.458 e. The Morgan fingerprint density at radius 2 is 1.95 bits per heavy atom. The van der Waals surface area contributed by atoms with Crippen LogP contribution in [-0.4, -0.2) is 21.9 Å². The lowest BCUT2D eigenvalue weighted by Crippen LogP contribution is -2.13. The molecule has 0 fully saturated rings. The number of ether oxygens (including phenoxy) is 1. The number of carbonyl (C=O) groups is 1. The third-order valence-electron chi connectivity index (χ3n) is 2.89. The Morgan fingerprint density at radius 3 is 2.53 bits per heavy atom. The molecule has 0 atom stereocenters. The van der Waals surface area contributed by atoms with E-state index < -0.39 is 0 Å². The van der Waals surface area contributed by atoms with E-state index in [2.05, 4.69) is 5.10 Å². The number of benzene rings is 1. The average molecular weight is 260 g/mol. The summed E-state index contributed by atoms with van der Waals surface area (Å²) in [7, 11) is 0. The molecule has 19 heavy (non-hydrogen) atoms. The molecule has 4 nitrogen and oxygen atoms in total. The molecular formula is C15H20N2O2. The summed E-state index contributed by atoms with van der Waals surface area (Å²) in [5.41, 5.74) is 2.48. The minimum atomic E-state index is -0.356. The molecule has 2 rings (SSSR count). The molecule has 2 aromatic rings. The van der Waals surface area contributed by atoms with Gasteiger partial charge in [0.15, 0.2) is 5.69 Å². The number of nitrogens with zero attached hydrogens (tertiary/aromatic N) is 2. The molecule has 0 aliphatic heterocycles. The Labute approximate surface area is 113 Å². The van der Waals surface area contributed by atoms with Crippen molar-refractivity contribution in [1.82, 2.24) is 9.78 Å². The number of carbonyl (C=O) groups excluding carboxylic acids is 1. The molecular weight excluding hydrogens is 240 g/mol. The quantitative estimate of drug-likeness (QED) is 0.793. The molecule has 1 aromatic carbocycles. The molecule has 1 heterocycles. The van der Waals surface area contributed by atoms with Gasteiger partial charge in [0.25, 0.3) is 0 Å². The van der Waals surface area contributed by atoms with Gasteiger partial charge in [-0.3, -0.25) is 4.68 Å². The van der Waals surface area contributed by atoms with Crippen LogP contribution in [0.3, 0.4) is 0 Å². The Morgan fingerprint density at radius 1 is 1.26 bits per heavy atom. The van der Waals surface area contributed by atoms with Crippen molar-refractivity contribution in [2.45, 2.75) is 46.8 Å². The van der Waals surface area contributed by atoms with Crippen molar-refractivity contribution in [1.29, 1.82) is 0 Å². The second-order valence-corrected chi connectivity index (χ2v) is 5.36. The smallest absolute Gasteiger partial charge is 0.359 e. The van der Waals surface area contributed by atoms with E-state index in [1.165, 1.54) is 0 Å². The van der Waals surface area contributed by atoms with Crippen LogP contribution in [0.15, 0.2) is 18.2 Å². The first kappa shape index (κ1) is 13.6. The SMILES string of the molecule is Cc1ccc2c(c1)c(C(=O)OC(C)C)nn2C(C)C. The van der Waals surface area contributed by atoms with Gasteiger partial charge in [-0.1, -0.05) is 11.6 Å². The summed E-state index contributed by atoms with van der Waals surface area (Å²) >= 11 is 0. The zero-order valence-electron chi connectivity index (χ0n) is 12.1. The second-order valence-electron chi connectivity index (χ2n) is 5.36. The summed E-state index contributed by atoms with van der Waals surface area (Å²) in [6.07, 6.45) is -0.142. The van der Waals surface area contributed by atoms with E-state index in [1.807, 2.05) is 57.5 Å². The molecule has 0 unspecified atom stereocenters. The Balaban J connectivity index is 2.60. The number of esters is 1. The van der Waals surface area contributed by atoms with Crippen molar-refractivity contribution in [3.8, 4) is 0 Å². The molecule has 1 aromatic heterocycles. The van der Waals surface area contributed by atoms with Gasteiger partial charge in [0.1, 0.15) is 0 Å². The molecule has 0 amide bonds. The number of aromatic nitrogens is 2. The summed E-state index contributed by atoms with van der Waals surface area (Å²) < 4.78 is 7.13. The Bertz CT molecular complexity index is 612. The molecule has 102 valence electrons. The number of aryl methyl sites for hydroxylation is 1. The Kier molecular flexibility index (Phi) is 3.60. The fourth-order valence-electron chi connectivity index (χ4n) is 2.07. The summed E-state index contributed by atoms with van der Waals surface area (Å²) in [5.74, 6) is -0.356. The van der Waals surface area contributed by atoms with Gasteiger partial charge in [-0.2, -0.15) is 5.10 Å². The lowest BCUT2D eigenvalue weighted by molar-refractivity contribution is 0.0372. The van der Waals surface area contributed by atoms with Gasteiger partial charge >= 0.3 is 5.97 Å². The van der Waals surface area contributed by atoms with Crippen LogP contribution in [0.4, 0.5) is 0 Å². The first-order chi connectivity index (χ1) is 8.90. The van der Waals surface area contributed by atoms with E-state index in [0.717, 1.165) is 16.5 Å². The van der Waals surface area contributed by atoms with Crippen LogP contribution in [0.1, 0.15) is 49.8 Å². The van der Waals surface area contributed by atoms with Crippen LogP contribution in [-0.2, 0) is 4.74 Å². The topological polar surface area (TPSA) is 44.1 Å². The van der Waals surface area contributed by atoms with Gasteiger partial charge in [0.2, 0.25) is 0 Å². The summed E-state index contributed by atoms with van der Waals surface area (Å²) in [6, 6.07) is 6.22. The summed E-state index contributed by atoms with van der Waals surface area (Å²) in [4.78, 5) is 12.1. The maximum Gasteiger partial charge on any atom is 0.359 e. The maximum atomic E-state index is 12.1. The van der Waals surface area contributed by atoms with E-state index in [9.17, 15) is 4.79 Å². The van der Waals surface area contributed by atoms with Crippen LogP contribution in [0.25, 0.3) is 10.9 Å². The highest BCUT2D eigenvalue weighted by molar-refractivity contribution is 6.02. The van der Waals surface area contributed by atoms with Crippen molar-refractivity contribution < 1.29 is 9.53 Å². The lowest BCUT2D eigenvalue weighted by atomic mass is 10.1. The molecule has 0 saturated carbocycles. The standard InChI is InChI=1S/C15H20N2O2/c1-9(2)17-13-7-6-11(5)8-12(13)14(16-17)15(18)19-10(3)4/h6-10H,1-5H3. The largest absolute Gasteiger partial charge is 0.458 e. The number of fused-ring (bicyclic) bond motifs is 1. The van der Waals surface area contributed by atoms with Crippen LogP contribution < -0.4 is 0 Å². The molecule has 0 N–H and O–H groups in total. The van der Waals surface area contributed by atoms with Gasteiger partial charge in [-0.05, 0) is 46.8 Å². The zero-order valence-corrected chi connectivity index (χ0v) is 12.1. The normalized spacial score (nSPS) is 11.5. The fraction of sp³-hybridized carbons (Fsp3) is 0.467. The molecule has 0 radical (unpaired) electrons. The first-order valence-electron chi connectivity index (χ1n) is 6.60. The summed E-state index contributed by atoms with van der Waals surface area (Å²) in [6.45, 7) is 9.77. The van der Waals surface area contributed by atoms with E-state index in [4.69, 9.17) is 4.74 Å². The van der Waals surface area contributed by atoms with Crippen LogP contribution in [0.2, 0.25) is 0 Å². The maximum absolute atomic E-state index is 12.1. The minimum absolute atomic E-state index is 0.142. The third kappa shape index (κ3) is 2.62. The van der Waals surface area contributed by atoms with Crippen LogP contribution >= 0.6 is 0 Å². The highest BCUT2D eigenvalue weighted by atomic mass is 16.5.